The van der Waals surface area contributed by atoms with E-state index in [4.69, 9.17) is 4.42 Å². The molecule has 0 aliphatic carbocycles. The van der Waals surface area contributed by atoms with Gasteiger partial charge >= 0.3 is 0 Å². The summed E-state index contributed by atoms with van der Waals surface area (Å²) < 4.78 is 57.6. The van der Waals surface area contributed by atoms with Crippen molar-refractivity contribution >= 4 is 105 Å². The first kappa shape index (κ1) is 53.2. The molecule has 0 saturated heterocycles. The molecule has 8 rings (SSSR count). The molecule has 21 heteroatoms. The maximum absolute atomic E-state index is 12.7. The van der Waals surface area contributed by atoms with Crippen LogP contribution in [0.15, 0.2) is 80.5 Å². The number of halogens is 3. The zero-order valence-electron chi connectivity index (χ0n) is 34.1. The van der Waals surface area contributed by atoms with Gasteiger partial charge in [-0.2, -0.15) is 8.61 Å². The standard InChI is InChI=1S/C23H26N4O4S.C9H12BrN3O2S.C8H10BrN3.2CH4.ClH/c1-16-19-6-4-5-7-20(19)31-21(16)15-26(2)22(28)9-8-17-12-18-14-27(32(3,29)30)11-10-24-23(18)25-13-17;1-16(14,15)13-3-2-11-9-7(6-13)4-8(10)5-12-9;9-7-3-6-4-10-1-2-11-8(6)12-5-7;;;/h4-9,12-13H,10-11,14-15H2,1-3H3,(H,24,25);4-5H,2-3,6H2,1H3,(H,11,12);3,5,10H,1-2,4H2,(H,11,12);2*1H4;1H/b9-8+;;;;;. The maximum Gasteiger partial charge on any atom is 0.246 e. The molecule has 0 spiro atoms. The van der Waals surface area contributed by atoms with Crippen molar-refractivity contribution in [1.82, 2.24) is 33.8 Å². The number of pyridine rings is 3. The molecule has 16 nitrogen and oxygen atoms in total. The number of aryl methyl sites for hydroxylation is 1. The first-order chi connectivity index (χ1) is 28.5. The normalized spacial score (nSPS) is 15.0. The third-order valence-electron chi connectivity index (χ3n) is 9.82. The van der Waals surface area contributed by atoms with E-state index in [1.807, 2.05) is 49.5 Å². The Morgan fingerprint density at radius 1 is 0.794 bits per heavy atom. The third kappa shape index (κ3) is 14.7. The molecule has 0 saturated carbocycles. The van der Waals surface area contributed by atoms with E-state index in [1.54, 1.807) is 30.4 Å². The van der Waals surface area contributed by atoms with Crippen LogP contribution in [-0.4, -0.2) is 110 Å². The highest BCUT2D eigenvalue weighted by Crippen LogP contribution is 2.27. The Labute approximate surface area is 394 Å². The lowest BCUT2D eigenvalue weighted by atomic mass is 10.1. The quantitative estimate of drug-likeness (QED) is 0.126. The number of hydrogen-bond donors (Lipinski definition) is 4. The van der Waals surface area contributed by atoms with Crippen LogP contribution in [0.2, 0.25) is 0 Å². The van der Waals surface area contributed by atoms with Crippen LogP contribution in [0.25, 0.3) is 17.0 Å². The Morgan fingerprint density at radius 3 is 1.90 bits per heavy atom. The van der Waals surface area contributed by atoms with Gasteiger partial charge in [0, 0.05) is 127 Å². The average Bonchev–Trinajstić information content (AvgIpc) is 3.50. The summed E-state index contributed by atoms with van der Waals surface area (Å²) in [7, 11) is -4.74. The van der Waals surface area contributed by atoms with Gasteiger partial charge in [0.1, 0.15) is 28.8 Å². The predicted molar refractivity (Wildman–Crippen MR) is 263 cm³/mol. The molecule has 0 unspecified atom stereocenters. The predicted octanol–water partition coefficient (Wildman–Crippen LogP) is 7.08. The third-order valence-corrected chi connectivity index (χ3v) is 13.2. The van der Waals surface area contributed by atoms with Crippen LogP contribution in [0, 0.1) is 6.92 Å². The average molecular weight is 1060 g/mol. The molecule has 5 aromatic rings. The summed E-state index contributed by atoms with van der Waals surface area (Å²) in [5.41, 5.74) is 5.45. The zero-order chi connectivity index (χ0) is 43.0. The van der Waals surface area contributed by atoms with E-state index < -0.39 is 20.0 Å². The van der Waals surface area contributed by atoms with E-state index in [2.05, 4.69) is 74.1 Å². The van der Waals surface area contributed by atoms with Crippen molar-refractivity contribution in [3.8, 4) is 0 Å². The number of rotatable bonds is 6. The molecule has 4 aromatic heterocycles. The fourth-order valence-corrected chi connectivity index (χ4v) is 8.94. The summed E-state index contributed by atoms with van der Waals surface area (Å²) in [5, 5.41) is 13.9. The first-order valence-corrected chi connectivity index (χ1v) is 24.3. The van der Waals surface area contributed by atoms with E-state index in [0.29, 0.717) is 45.1 Å². The molecule has 1 amide bonds. The number of para-hydroxylation sites is 1. The molecule has 4 N–H and O–H groups in total. The van der Waals surface area contributed by atoms with Crippen molar-refractivity contribution in [3.05, 3.63) is 110 Å². The Bertz CT molecular complexity index is 2600. The molecule has 0 radical (unpaired) electrons. The van der Waals surface area contributed by atoms with Crippen LogP contribution in [0.5, 0.6) is 0 Å². The number of hydrogen-bond acceptors (Lipinski definition) is 13. The van der Waals surface area contributed by atoms with Crippen molar-refractivity contribution in [3.63, 3.8) is 0 Å². The Morgan fingerprint density at radius 2 is 1.32 bits per heavy atom. The number of anilines is 3. The summed E-state index contributed by atoms with van der Waals surface area (Å²) in [6.07, 6.45) is 10.8. The van der Waals surface area contributed by atoms with Gasteiger partial charge in [0.15, 0.2) is 0 Å². The molecule has 3 aliphatic heterocycles. The van der Waals surface area contributed by atoms with Crippen molar-refractivity contribution in [2.24, 2.45) is 0 Å². The summed E-state index contributed by atoms with van der Waals surface area (Å²) in [4.78, 5) is 27.1. The molecule has 344 valence electrons. The second-order valence-corrected chi connectivity index (χ2v) is 20.2. The lowest BCUT2D eigenvalue weighted by molar-refractivity contribution is -0.125. The first-order valence-electron chi connectivity index (χ1n) is 19.1. The van der Waals surface area contributed by atoms with Crippen LogP contribution in [0.4, 0.5) is 17.5 Å². The largest absolute Gasteiger partial charge is 0.459 e. The second kappa shape index (κ2) is 23.7. The number of furan rings is 1. The van der Waals surface area contributed by atoms with E-state index in [9.17, 15) is 21.6 Å². The van der Waals surface area contributed by atoms with E-state index in [-0.39, 0.29) is 39.7 Å². The van der Waals surface area contributed by atoms with Crippen LogP contribution >= 0.6 is 44.3 Å². The van der Waals surface area contributed by atoms with E-state index >= 15 is 0 Å². The molecule has 0 bridgehead atoms. The summed E-state index contributed by atoms with van der Waals surface area (Å²) in [5.74, 6) is 3.01. The van der Waals surface area contributed by atoms with Crippen LogP contribution in [0.3, 0.4) is 0 Å². The van der Waals surface area contributed by atoms with Crippen LogP contribution in [-0.2, 0) is 51.0 Å². The number of aromatic nitrogens is 3. The smallest absolute Gasteiger partial charge is 0.246 e. The number of nitrogens with zero attached hydrogens (tertiary/aromatic N) is 6. The highest BCUT2D eigenvalue weighted by Gasteiger charge is 2.23. The Balaban J connectivity index is 0.000000284. The minimum Gasteiger partial charge on any atom is -0.459 e. The molecule has 7 heterocycles. The Kier molecular flexibility index (Phi) is 20.0. The van der Waals surface area contributed by atoms with Crippen molar-refractivity contribution < 1.29 is 26.0 Å². The Hall–Kier alpha value is -4.15. The van der Waals surface area contributed by atoms with Crippen LogP contribution < -0.4 is 21.3 Å². The molecular formula is C42H57Br2ClN10O6S2. The fraction of sp³-hybridized carbons (Fsp3) is 0.381. The number of carbonyl (C=O) groups excluding carboxylic acids is 1. The number of carbonyl (C=O) groups is 1. The molecular weight excluding hydrogens is 1000 g/mol. The lowest BCUT2D eigenvalue weighted by Crippen LogP contribution is -2.31. The number of fused-ring (bicyclic) bond motifs is 4. The number of benzene rings is 1. The minimum absolute atomic E-state index is 0. The summed E-state index contributed by atoms with van der Waals surface area (Å²) >= 11 is 6.73. The zero-order valence-corrected chi connectivity index (χ0v) is 39.7. The number of sulfonamides is 2. The molecule has 0 atom stereocenters. The van der Waals surface area contributed by atoms with Crippen molar-refractivity contribution in [2.75, 3.05) is 74.8 Å². The highest BCUT2D eigenvalue weighted by molar-refractivity contribution is 9.10. The van der Waals surface area contributed by atoms with E-state index in [0.717, 1.165) is 79.2 Å². The van der Waals surface area contributed by atoms with E-state index in [1.165, 1.54) is 32.8 Å². The molecule has 1 aromatic carbocycles. The monoisotopic (exact) mass is 1050 g/mol. The van der Waals surface area contributed by atoms with Crippen molar-refractivity contribution in [1.29, 1.82) is 0 Å². The molecule has 0 fully saturated rings. The van der Waals surface area contributed by atoms with Gasteiger partial charge in [-0.25, -0.2) is 31.8 Å². The topological polar surface area (TPSA) is 195 Å². The SMILES string of the molecule is Brc1cnc2c(c1)CNCCN2.C.C.CS(=O)(=O)N1CCNc2ncc(Br)cc2C1.Cc1c(CN(C)C(=O)/C=C/c2cnc3c(c2)CN(S(C)(=O)=O)CCN3)oc2ccccc12.Cl. The van der Waals surface area contributed by atoms with Gasteiger partial charge in [-0.15, -0.1) is 12.4 Å². The summed E-state index contributed by atoms with van der Waals surface area (Å²) in [6, 6.07) is 13.6. The van der Waals surface area contributed by atoms with Gasteiger partial charge in [-0.3, -0.25) is 4.79 Å². The second-order valence-electron chi connectivity index (χ2n) is 14.4. The lowest BCUT2D eigenvalue weighted by Gasteiger charge is -2.16. The number of amides is 1. The fourth-order valence-electron chi connectivity index (χ4n) is 6.59. The van der Waals surface area contributed by atoms with Gasteiger partial charge in [-0.1, -0.05) is 33.1 Å². The van der Waals surface area contributed by atoms with Crippen molar-refractivity contribution in [2.45, 2.75) is 48.0 Å². The van der Waals surface area contributed by atoms with Gasteiger partial charge in [0.2, 0.25) is 26.0 Å². The van der Waals surface area contributed by atoms with Gasteiger partial charge < -0.3 is 30.6 Å². The van der Waals surface area contributed by atoms with Gasteiger partial charge in [0.05, 0.1) is 19.1 Å². The van der Waals surface area contributed by atoms with Gasteiger partial charge in [0.25, 0.3) is 0 Å². The number of nitrogens with one attached hydrogen (secondary N) is 4. The van der Waals surface area contributed by atoms with Crippen LogP contribution in [0.1, 0.15) is 48.4 Å². The molecule has 3 aliphatic rings. The minimum atomic E-state index is -3.31. The maximum atomic E-state index is 12.7. The highest BCUT2D eigenvalue weighted by atomic mass is 79.9. The van der Waals surface area contributed by atoms with Gasteiger partial charge in [-0.05, 0) is 74.7 Å². The number of likely N-dealkylation sites (N-methyl/N-ethyl adjacent to an activating group) is 1. The summed E-state index contributed by atoms with van der Waals surface area (Å²) in [6.45, 7) is 7.72. The molecule has 63 heavy (non-hydrogen) atoms.